The van der Waals surface area contributed by atoms with E-state index in [1.54, 1.807) is 12.1 Å². The number of carbonyl (C=O) groups is 1. The van der Waals surface area contributed by atoms with Gasteiger partial charge in [0, 0.05) is 28.1 Å². The molecule has 0 N–H and O–H groups in total. The predicted octanol–water partition coefficient (Wildman–Crippen LogP) is 6.14. The third kappa shape index (κ3) is 2.98. The number of anilines is 1. The summed E-state index contributed by atoms with van der Waals surface area (Å²) in [6.07, 6.45) is 0.741. The molecule has 0 radical (unpaired) electrons. The van der Waals surface area contributed by atoms with Crippen LogP contribution in [0, 0.1) is 11.2 Å². The van der Waals surface area contributed by atoms with Crippen LogP contribution in [0.4, 0.5) is 10.1 Å². The Morgan fingerprint density at radius 2 is 1.77 bits per heavy atom. The first-order chi connectivity index (χ1) is 14.4. The van der Waals surface area contributed by atoms with Crippen LogP contribution >= 0.6 is 0 Å². The number of rotatable bonds is 3. The molecule has 1 aliphatic rings. The lowest BCUT2D eigenvalue weighted by molar-refractivity contribution is -0.124. The van der Waals surface area contributed by atoms with Crippen molar-refractivity contribution < 1.29 is 13.7 Å². The number of fused-ring (bicyclic) bond motifs is 1. The maximum Gasteiger partial charge on any atom is 0.233 e. The molecule has 5 rings (SSSR count). The number of hydrogen-bond donors (Lipinski definition) is 0. The second-order valence-electron chi connectivity index (χ2n) is 8.41. The molecule has 0 bridgehead atoms. The van der Waals surface area contributed by atoms with Crippen molar-refractivity contribution in [1.82, 2.24) is 5.16 Å². The van der Waals surface area contributed by atoms with Crippen molar-refractivity contribution in [1.29, 1.82) is 0 Å². The number of amides is 1. The second kappa shape index (κ2) is 6.80. The van der Waals surface area contributed by atoms with Crippen LogP contribution in [0.2, 0.25) is 0 Å². The lowest BCUT2D eigenvalue weighted by Gasteiger charge is -2.25. The molecule has 0 saturated carbocycles. The van der Waals surface area contributed by atoms with E-state index in [-0.39, 0.29) is 17.8 Å². The average molecular weight is 400 g/mol. The average Bonchev–Trinajstić information content (AvgIpc) is 3.27. The van der Waals surface area contributed by atoms with Gasteiger partial charge in [0.15, 0.2) is 5.58 Å². The van der Waals surface area contributed by atoms with E-state index < -0.39 is 5.41 Å². The number of benzene rings is 3. The Kier molecular flexibility index (Phi) is 4.21. The fourth-order valence-corrected chi connectivity index (χ4v) is 4.26. The second-order valence-corrected chi connectivity index (χ2v) is 8.41. The molecule has 4 aromatic rings. The third-order valence-electron chi connectivity index (χ3n) is 5.85. The minimum atomic E-state index is -0.448. The SMILES string of the molecule is CC1(C)CC(c2ccccc2)N(c2ccc3c(-c4ccc(F)cc4)noc3c2)C1=O. The molecule has 3 aromatic carbocycles. The molecule has 1 amide bonds. The van der Waals surface area contributed by atoms with Crippen LogP contribution in [-0.2, 0) is 4.79 Å². The Balaban J connectivity index is 1.58. The topological polar surface area (TPSA) is 46.3 Å². The van der Waals surface area contributed by atoms with Crippen LogP contribution < -0.4 is 4.90 Å². The summed E-state index contributed by atoms with van der Waals surface area (Å²) < 4.78 is 18.8. The third-order valence-corrected chi connectivity index (χ3v) is 5.85. The minimum Gasteiger partial charge on any atom is -0.356 e. The zero-order valence-electron chi connectivity index (χ0n) is 16.8. The van der Waals surface area contributed by atoms with Gasteiger partial charge in [0.1, 0.15) is 11.5 Å². The van der Waals surface area contributed by atoms with Crippen LogP contribution in [0.1, 0.15) is 31.9 Å². The molecule has 1 atom stereocenters. The van der Waals surface area contributed by atoms with Gasteiger partial charge in [-0.05, 0) is 48.4 Å². The number of carbonyl (C=O) groups excluding carboxylic acids is 1. The first-order valence-electron chi connectivity index (χ1n) is 9.98. The van der Waals surface area contributed by atoms with E-state index in [4.69, 9.17) is 4.52 Å². The lowest BCUT2D eigenvalue weighted by Crippen LogP contribution is -2.32. The van der Waals surface area contributed by atoms with Gasteiger partial charge in [0.05, 0.1) is 6.04 Å². The first kappa shape index (κ1) is 18.6. The van der Waals surface area contributed by atoms with Gasteiger partial charge in [0.25, 0.3) is 0 Å². The maximum absolute atomic E-state index is 13.3. The molecule has 30 heavy (non-hydrogen) atoms. The Bertz CT molecular complexity index is 1230. The van der Waals surface area contributed by atoms with E-state index in [1.807, 2.05) is 55.1 Å². The van der Waals surface area contributed by atoms with Gasteiger partial charge < -0.3 is 9.42 Å². The molecule has 4 nitrogen and oxygen atoms in total. The van der Waals surface area contributed by atoms with Crippen molar-refractivity contribution in [2.75, 3.05) is 4.90 Å². The molecule has 1 saturated heterocycles. The van der Waals surface area contributed by atoms with Gasteiger partial charge >= 0.3 is 0 Å². The maximum atomic E-state index is 13.3. The zero-order valence-corrected chi connectivity index (χ0v) is 16.8. The Morgan fingerprint density at radius 3 is 2.50 bits per heavy atom. The van der Waals surface area contributed by atoms with E-state index in [1.165, 1.54) is 12.1 Å². The lowest BCUT2D eigenvalue weighted by atomic mass is 9.88. The minimum absolute atomic E-state index is 0.0364. The summed E-state index contributed by atoms with van der Waals surface area (Å²) in [4.78, 5) is 15.1. The number of halogens is 1. The van der Waals surface area contributed by atoms with Gasteiger partial charge in [-0.25, -0.2) is 4.39 Å². The number of nitrogens with zero attached hydrogens (tertiary/aromatic N) is 2. The van der Waals surface area contributed by atoms with Crippen molar-refractivity contribution in [2.24, 2.45) is 5.41 Å². The standard InChI is InChI=1S/C25H21FN2O2/c1-25(2)15-21(16-6-4-3-5-7-16)28(24(25)29)19-12-13-20-22(14-19)30-27-23(20)17-8-10-18(26)11-9-17/h3-14,21H,15H2,1-2H3. The zero-order chi connectivity index (χ0) is 20.9. The highest BCUT2D eigenvalue weighted by molar-refractivity contribution is 6.02. The highest BCUT2D eigenvalue weighted by Crippen LogP contribution is 2.46. The molecular weight excluding hydrogens is 379 g/mol. The molecular formula is C25H21FN2O2. The molecule has 1 unspecified atom stereocenters. The fraction of sp³-hybridized carbons (Fsp3) is 0.200. The van der Waals surface area contributed by atoms with E-state index in [2.05, 4.69) is 17.3 Å². The molecule has 150 valence electrons. The van der Waals surface area contributed by atoms with E-state index in [9.17, 15) is 9.18 Å². The molecule has 1 fully saturated rings. The van der Waals surface area contributed by atoms with Crippen molar-refractivity contribution in [3.8, 4) is 11.3 Å². The van der Waals surface area contributed by atoms with Gasteiger partial charge in [-0.3, -0.25) is 4.79 Å². The molecule has 1 aromatic heterocycles. The molecule has 0 spiro atoms. The fourth-order valence-electron chi connectivity index (χ4n) is 4.26. The largest absolute Gasteiger partial charge is 0.356 e. The summed E-state index contributed by atoms with van der Waals surface area (Å²) in [5, 5.41) is 5.01. The van der Waals surface area contributed by atoms with Gasteiger partial charge in [-0.1, -0.05) is 49.3 Å². The van der Waals surface area contributed by atoms with Gasteiger partial charge in [0.2, 0.25) is 5.91 Å². The van der Waals surface area contributed by atoms with Crippen LogP contribution in [0.15, 0.2) is 77.3 Å². The Hall–Kier alpha value is -3.47. The van der Waals surface area contributed by atoms with Crippen molar-refractivity contribution in [2.45, 2.75) is 26.3 Å². The van der Waals surface area contributed by atoms with Crippen molar-refractivity contribution in [3.63, 3.8) is 0 Å². The highest BCUT2D eigenvalue weighted by atomic mass is 19.1. The Labute approximate surface area is 173 Å². The quantitative estimate of drug-likeness (QED) is 0.415. The number of hydrogen-bond acceptors (Lipinski definition) is 3. The summed E-state index contributed by atoms with van der Waals surface area (Å²) >= 11 is 0. The van der Waals surface area contributed by atoms with Crippen LogP contribution in [0.3, 0.4) is 0 Å². The van der Waals surface area contributed by atoms with Crippen LogP contribution in [0.25, 0.3) is 22.2 Å². The normalized spacial score (nSPS) is 18.3. The van der Waals surface area contributed by atoms with Gasteiger partial charge in [-0.15, -0.1) is 0 Å². The summed E-state index contributed by atoms with van der Waals surface area (Å²) in [7, 11) is 0. The molecule has 0 aliphatic carbocycles. The van der Waals surface area contributed by atoms with Crippen molar-refractivity contribution >= 4 is 22.6 Å². The summed E-state index contributed by atoms with van der Waals surface area (Å²) in [6, 6.07) is 21.9. The highest BCUT2D eigenvalue weighted by Gasteiger charge is 2.46. The van der Waals surface area contributed by atoms with Crippen LogP contribution in [-0.4, -0.2) is 11.1 Å². The van der Waals surface area contributed by atoms with E-state index in [0.717, 1.165) is 28.6 Å². The van der Waals surface area contributed by atoms with E-state index in [0.29, 0.717) is 11.3 Å². The van der Waals surface area contributed by atoms with E-state index >= 15 is 0 Å². The summed E-state index contributed by atoms with van der Waals surface area (Å²) in [6.45, 7) is 3.98. The number of aromatic nitrogens is 1. The van der Waals surface area contributed by atoms with Crippen LogP contribution in [0.5, 0.6) is 0 Å². The summed E-state index contributed by atoms with van der Waals surface area (Å²) in [5.41, 5.74) is 3.48. The monoisotopic (exact) mass is 400 g/mol. The molecule has 2 heterocycles. The first-order valence-corrected chi connectivity index (χ1v) is 9.98. The molecule has 1 aliphatic heterocycles. The molecule has 5 heteroatoms. The predicted molar refractivity (Wildman–Crippen MR) is 114 cm³/mol. The van der Waals surface area contributed by atoms with Gasteiger partial charge in [-0.2, -0.15) is 0 Å². The smallest absolute Gasteiger partial charge is 0.233 e. The van der Waals surface area contributed by atoms with Crippen molar-refractivity contribution in [3.05, 3.63) is 84.2 Å². The summed E-state index contributed by atoms with van der Waals surface area (Å²) in [5.74, 6) is -0.204. The Morgan fingerprint density at radius 1 is 1.03 bits per heavy atom.